The van der Waals surface area contributed by atoms with Crippen LogP contribution in [0.4, 0.5) is 0 Å². The van der Waals surface area contributed by atoms with Crippen LogP contribution in [-0.4, -0.2) is 9.55 Å². The first-order valence-electron chi connectivity index (χ1n) is 8.99. The second-order valence-electron chi connectivity index (χ2n) is 6.79. The molecule has 2 N–H and O–H groups in total. The molecule has 27 heavy (non-hydrogen) atoms. The number of rotatable bonds is 3. The zero-order chi connectivity index (χ0) is 19.0. The van der Waals surface area contributed by atoms with Crippen LogP contribution in [0.5, 0.6) is 0 Å². The molecule has 4 rings (SSSR count). The highest BCUT2D eigenvalue weighted by atomic mass is 16.1. The van der Waals surface area contributed by atoms with Gasteiger partial charge in [-0.1, -0.05) is 36.4 Å². The molecule has 0 spiro atoms. The molecule has 0 amide bonds. The minimum absolute atomic E-state index is 0.0592. The Morgan fingerprint density at radius 1 is 1.00 bits per heavy atom. The van der Waals surface area contributed by atoms with Gasteiger partial charge in [-0.15, -0.1) is 0 Å². The van der Waals surface area contributed by atoms with Gasteiger partial charge in [-0.25, -0.2) is 0 Å². The van der Waals surface area contributed by atoms with E-state index in [1.807, 2.05) is 80.6 Å². The van der Waals surface area contributed by atoms with Crippen molar-refractivity contribution in [2.75, 3.05) is 0 Å². The summed E-state index contributed by atoms with van der Waals surface area (Å²) in [6.07, 6.45) is 1.77. The number of aromatic nitrogens is 2. The van der Waals surface area contributed by atoms with Crippen molar-refractivity contribution >= 4 is 10.8 Å². The number of para-hydroxylation sites is 1. The Bertz CT molecular complexity index is 1180. The van der Waals surface area contributed by atoms with Gasteiger partial charge in [0.25, 0.3) is 5.56 Å². The van der Waals surface area contributed by atoms with Gasteiger partial charge in [-0.3, -0.25) is 14.3 Å². The van der Waals surface area contributed by atoms with E-state index in [0.29, 0.717) is 5.39 Å². The van der Waals surface area contributed by atoms with E-state index < -0.39 is 0 Å². The molecule has 0 saturated heterocycles. The summed E-state index contributed by atoms with van der Waals surface area (Å²) >= 11 is 0. The SMILES string of the molecule is Cc1cc(-c2cccc3cc([C@H](C)N)n(-c4ccccc4)c(=O)c23)ccn1. The van der Waals surface area contributed by atoms with Gasteiger partial charge in [0.2, 0.25) is 0 Å². The molecule has 4 aromatic rings. The zero-order valence-electron chi connectivity index (χ0n) is 15.4. The first-order chi connectivity index (χ1) is 13.1. The van der Waals surface area contributed by atoms with Gasteiger partial charge in [0.05, 0.1) is 5.39 Å². The Morgan fingerprint density at radius 2 is 1.78 bits per heavy atom. The lowest BCUT2D eigenvalue weighted by Gasteiger charge is -2.18. The van der Waals surface area contributed by atoms with Crippen molar-refractivity contribution in [2.45, 2.75) is 19.9 Å². The summed E-state index contributed by atoms with van der Waals surface area (Å²) in [5, 5.41) is 1.59. The summed E-state index contributed by atoms with van der Waals surface area (Å²) in [4.78, 5) is 17.9. The molecule has 4 nitrogen and oxygen atoms in total. The smallest absolute Gasteiger partial charge is 0.263 e. The number of aryl methyl sites for hydroxylation is 1. The Balaban J connectivity index is 2.12. The fourth-order valence-corrected chi connectivity index (χ4v) is 3.51. The second-order valence-corrected chi connectivity index (χ2v) is 6.79. The van der Waals surface area contributed by atoms with Crippen LogP contribution < -0.4 is 11.3 Å². The van der Waals surface area contributed by atoms with Crippen molar-refractivity contribution in [2.24, 2.45) is 5.73 Å². The van der Waals surface area contributed by atoms with E-state index in [-0.39, 0.29) is 11.6 Å². The third kappa shape index (κ3) is 3.04. The van der Waals surface area contributed by atoms with Crippen LogP contribution >= 0.6 is 0 Å². The normalized spacial score (nSPS) is 12.3. The lowest BCUT2D eigenvalue weighted by molar-refractivity contribution is 0.734. The third-order valence-corrected chi connectivity index (χ3v) is 4.76. The van der Waals surface area contributed by atoms with Gasteiger partial charge in [0, 0.05) is 29.3 Å². The van der Waals surface area contributed by atoms with Gasteiger partial charge in [-0.05, 0) is 60.7 Å². The largest absolute Gasteiger partial charge is 0.323 e. The molecular formula is C23H21N3O. The first kappa shape index (κ1) is 17.2. The summed E-state index contributed by atoms with van der Waals surface area (Å²) in [6.45, 7) is 3.85. The maximum absolute atomic E-state index is 13.6. The van der Waals surface area contributed by atoms with E-state index in [1.165, 1.54) is 0 Å². The van der Waals surface area contributed by atoms with E-state index in [9.17, 15) is 4.79 Å². The average molecular weight is 355 g/mol. The molecule has 134 valence electrons. The van der Waals surface area contributed by atoms with Crippen LogP contribution in [0.1, 0.15) is 24.4 Å². The van der Waals surface area contributed by atoms with Crippen LogP contribution in [0.2, 0.25) is 0 Å². The second kappa shape index (κ2) is 6.82. The number of pyridine rings is 2. The lowest BCUT2D eigenvalue weighted by Crippen LogP contribution is -2.26. The van der Waals surface area contributed by atoms with Crippen LogP contribution in [0, 0.1) is 6.92 Å². The summed E-state index contributed by atoms with van der Waals surface area (Å²) < 4.78 is 1.73. The highest BCUT2D eigenvalue weighted by Gasteiger charge is 2.16. The third-order valence-electron chi connectivity index (χ3n) is 4.76. The Hall–Kier alpha value is -3.24. The molecule has 0 radical (unpaired) electrons. The maximum Gasteiger partial charge on any atom is 0.263 e. The van der Waals surface area contributed by atoms with Crippen molar-refractivity contribution in [1.29, 1.82) is 0 Å². The predicted octanol–water partition coefficient (Wildman–Crippen LogP) is 4.38. The van der Waals surface area contributed by atoms with Gasteiger partial charge in [0.1, 0.15) is 0 Å². The van der Waals surface area contributed by atoms with Gasteiger partial charge < -0.3 is 5.73 Å². The van der Waals surface area contributed by atoms with Crippen molar-refractivity contribution < 1.29 is 0 Å². The Morgan fingerprint density at radius 3 is 2.48 bits per heavy atom. The van der Waals surface area contributed by atoms with Crippen molar-refractivity contribution in [3.8, 4) is 16.8 Å². The number of hydrogen-bond acceptors (Lipinski definition) is 3. The molecule has 0 unspecified atom stereocenters. The summed E-state index contributed by atoms with van der Waals surface area (Å²) in [6, 6.07) is 21.3. The monoisotopic (exact) mass is 355 g/mol. The van der Waals surface area contributed by atoms with Gasteiger partial charge in [-0.2, -0.15) is 0 Å². The van der Waals surface area contributed by atoms with E-state index in [0.717, 1.165) is 33.6 Å². The first-order valence-corrected chi connectivity index (χ1v) is 8.99. The number of nitrogens with zero attached hydrogens (tertiary/aromatic N) is 2. The fourth-order valence-electron chi connectivity index (χ4n) is 3.51. The molecule has 0 aliphatic rings. The summed E-state index contributed by atoms with van der Waals surface area (Å²) in [7, 11) is 0. The van der Waals surface area contributed by atoms with Gasteiger partial charge >= 0.3 is 0 Å². The molecule has 0 saturated carbocycles. The Labute approximate surface area is 157 Å². The molecule has 0 fully saturated rings. The highest BCUT2D eigenvalue weighted by Crippen LogP contribution is 2.28. The molecular weight excluding hydrogens is 334 g/mol. The van der Waals surface area contributed by atoms with Crippen LogP contribution in [0.15, 0.2) is 77.7 Å². The van der Waals surface area contributed by atoms with Crippen LogP contribution in [0.25, 0.3) is 27.6 Å². The number of nitrogens with two attached hydrogens (primary N) is 1. The molecule has 2 aromatic heterocycles. The fraction of sp³-hybridized carbons (Fsp3) is 0.130. The number of fused-ring (bicyclic) bond motifs is 1. The van der Waals surface area contributed by atoms with Crippen LogP contribution in [0.3, 0.4) is 0 Å². The van der Waals surface area contributed by atoms with Crippen LogP contribution in [-0.2, 0) is 0 Å². The molecule has 4 heteroatoms. The van der Waals surface area contributed by atoms with E-state index in [4.69, 9.17) is 5.73 Å². The average Bonchev–Trinajstić information content (AvgIpc) is 2.68. The van der Waals surface area contributed by atoms with Crippen molar-refractivity contribution in [1.82, 2.24) is 9.55 Å². The molecule has 1 atom stereocenters. The maximum atomic E-state index is 13.6. The number of hydrogen-bond donors (Lipinski definition) is 1. The number of benzene rings is 2. The molecule has 2 heterocycles. The minimum Gasteiger partial charge on any atom is -0.323 e. The highest BCUT2D eigenvalue weighted by molar-refractivity contribution is 5.96. The minimum atomic E-state index is -0.269. The molecule has 0 aliphatic heterocycles. The standard InChI is InChI=1S/C23H21N3O/c1-15-13-17(11-12-25-15)20-10-6-7-18-14-21(16(2)24)26(23(27)22(18)20)19-8-4-3-5-9-19/h3-14,16H,24H2,1-2H3/t16-/m0/s1. The Kier molecular flexibility index (Phi) is 4.34. The topological polar surface area (TPSA) is 60.9 Å². The van der Waals surface area contributed by atoms with E-state index >= 15 is 0 Å². The molecule has 0 bridgehead atoms. The van der Waals surface area contributed by atoms with E-state index in [2.05, 4.69) is 4.98 Å². The van der Waals surface area contributed by atoms with Gasteiger partial charge in [0.15, 0.2) is 0 Å². The summed E-state index contributed by atoms with van der Waals surface area (Å²) in [5.41, 5.74) is 10.6. The van der Waals surface area contributed by atoms with E-state index in [1.54, 1.807) is 10.8 Å². The quantitative estimate of drug-likeness (QED) is 0.593. The molecule has 0 aliphatic carbocycles. The van der Waals surface area contributed by atoms with Crippen molar-refractivity contribution in [3.05, 3.63) is 94.7 Å². The van der Waals surface area contributed by atoms with Crippen molar-refractivity contribution in [3.63, 3.8) is 0 Å². The molecule has 2 aromatic carbocycles. The lowest BCUT2D eigenvalue weighted by atomic mass is 9.98. The predicted molar refractivity (Wildman–Crippen MR) is 110 cm³/mol. The zero-order valence-corrected chi connectivity index (χ0v) is 15.4. The summed E-state index contributed by atoms with van der Waals surface area (Å²) in [5.74, 6) is 0.